The average Bonchev–Trinajstić information content (AvgIpc) is 3.29. The van der Waals surface area contributed by atoms with Crippen LogP contribution >= 0.6 is 0 Å². The molecule has 166 valence electrons. The van der Waals surface area contributed by atoms with Gasteiger partial charge in [-0.3, -0.25) is 9.59 Å². The molecular formula is C21H19N3O7S. The van der Waals surface area contributed by atoms with E-state index in [1.165, 1.54) is 55.7 Å². The van der Waals surface area contributed by atoms with Crippen molar-refractivity contribution >= 4 is 39.2 Å². The molecule has 0 aliphatic rings. The van der Waals surface area contributed by atoms with E-state index >= 15 is 0 Å². The van der Waals surface area contributed by atoms with Gasteiger partial charge in [-0.25, -0.2) is 18.4 Å². The summed E-state index contributed by atoms with van der Waals surface area (Å²) in [6.45, 7) is 1.37. The standard InChI is InChI=1S/C21H19N3O7S/c1-13(19(25)23-14-8-10-15(11-9-14)32(22,28)29)31-21(27)16-5-2-3-6-17(16)24-20(26)18-7-4-12-30-18/h2-13H,1H3,(H,23,25)(H,24,26)(H2,22,28,29)/t13-/m1/s1. The number of anilines is 2. The average molecular weight is 457 g/mol. The van der Waals surface area contributed by atoms with Crippen LogP contribution in [0, 0.1) is 0 Å². The quantitative estimate of drug-likeness (QED) is 0.459. The zero-order valence-corrected chi connectivity index (χ0v) is 17.6. The first kappa shape index (κ1) is 22.7. The molecule has 1 aromatic heterocycles. The summed E-state index contributed by atoms with van der Waals surface area (Å²) in [5.74, 6) is -1.95. The van der Waals surface area contributed by atoms with Crippen LogP contribution < -0.4 is 15.8 Å². The molecule has 0 bridgehead atoms. The number of nitrogens with two attached hydrogens (primary N) is 1. The predicted molar refractivity (Wildman–Crippen MR) is 114 cm³/mol. The molecule has 2 amide bonds. The minimum atomic E-state index is -3.86. The number of hydrogen-bond acceptors (Lipinski definition) is 7. The second-order valence-corrected chi connectivity index (χ2v) is 8.14. The number of sulfonamides is 1. The Hall–Kier alpha value is -3.96. The highest BCUT2D eigenvalue weighted by atomic mass is 32.2. The van der Waals surface area contributed by atoms with Gasteiger partial charge in [-0.2, -0.15) is 0 Å². The number of benzene rings is 2. The van der Waals surface area contributed by atoms with E-state index in [0.717, 1.165) is 0 Å². The van der Waals surface area contributed by atoms with Gasteiger partial charge in [0.2, 0.25) is 10.0 Å². The van der Waals surface area contributed by atoms with E-state index in [0.29, 0.717) is 0 Å². The van der Waals surface area contributed by atoms with Crippen molar-refractivity contribution in [3.8, 4) is 0 Å². The van der Waals surface area contributed by atoms with Gasteiger partial charge in [0, 0.05) is 5.69 Å². The number of nitrogens with one attached hydrogen (secondary N) is 2. The third-order valence-corrected chi connectivity index (χ3v) is 5.17. The fourth-order valence-corrected chi connectivity index (χ4v) is 3.13. The Morgan fingerprint density at radius 3 is 2.28 bits per heavy atom. The maximum absolute atomic E-state index is 12.6. The molecule has 0 unspecified atom stereocenters. The minimum absolute atomic E-state index is 0.0459. The smallest absolute Gasteiger partial charge is 0.341 e. The number of furan rings is 1. The highest BCUT2D eigenvalue weighted by Gasteiger charge is 2.22. The van der Waals surface area contributed by atoms with Crippen LogP contribution in [0.2, 0.25) is 0 Å². The van der Waals surface area contributed by atoms with Gasteiger partial charge in [-0.15, -0.1) is 0 Å². The summed E-state index contributed by atoms with van der Waals surface area (Å²) in [6.07, 6.45) is 0.159. The normalized spacial score (nSPS) is 11.9. The summed E-state index contributed by atoms with van der Waals surface area (Å²) in [4.78, 5) is 37.1. The predicted octanol–water partition coefficient (Wildman–Crippen LogP) is 2.36. The highest BCUT2D eigenvalue weighted by molar-refractivity contribution is 7.89. The summed E-state index contributed by atoms with van der Waals surface area (Å²) in [5.41, 5.74) is 0.520. The van der Waals surface area contributed by atoms with Crippen LogP contribution in [0.3, 0.4) is 0 Å². The van der Waals surface area contributed by atoms with Gasteiger partial charge in [-0.1, -0.05) is 12.1 Å². The maximum Gasteiger partial charge on any atom is 0.341 e. The molecule has 4 N–H and O–H groups in total. The molecule has 0 aliphatic heterocycles. The first-order valence-corrected chi connectivity index (χ1v) is 10.8. The van der Waals surface area contributed by atoms with E-state index in [9.17, 15) is 22.8 Å². The molecule has 3 aromatic rings. The zero-order valence-electron chi connectivity index (χ0n) is 16.8. The Labute approximate surface area is 183 Å². The molecule has 3 rings (SSSR count). The van der Waals surface area contributed by atoms with Crippen molar-refractivity contribution in [2.75, 3.05) is 10.6 Å². The van der Waals surface area contributed by atoms with Gasteiger partial charge in [0.1, 0.15) is 0 Å². The monoisotopic (exact) mass is 457 g/mol. The Kier molecular flexibility index (Phi) is 6.71. The molecule has 0 saturated carbocycles. The maximum atomic E-state index is 12.6. The van der Waals surface area contributed by atoms with Crippen molar-refractivity contribution in [2.45, 2.75) is 17.9 Å². The van der Waals surface area contributed by atoms with Gasteiger partial charge >= 0.3 is 5.97 Å². The van der Waals surface area contributed by atoms with Crippen LogP contribution in [-0.4, -0.2) is 32.3 Å². The number of primary sulfonamides is 1. The van der Waals surface area contributed by atoms with Crippen LogP contribution in [0.25, 0.3) is 0 Å². The molecule has 1 heterocycles. The van der Waals surface area contributed by atoms with Crippen molar-refractivity contribution in [3.05, 3.63) is 78.3 Å². The van der Waals surface area contributed by atoms with Crippen LogP contribution in [0.15, 0.2) is 76.2 Å². The molecule has 0 aliphatic carbocycles. The van der Waals surface area contributed by atoms with E-state index in [1.54, 1.807) is 18.2 Å². The van der Waals surface area contributed by atoms with Crippen molar-refractivity contribution in [3.63, 3.8) is 0 Å². The molecule has 0 spiro atoms. The van der Waals surface area contributed by atoms with Crippen molar-refractivity contribution < 1.29 is 32.0 Å². The van der Waals surface area contributed by atoms with Gasteiger partial charge in [-0.05, 0) is 55.5 Å². The van der Waals surface area contributed by atoms with E-state index in [2.05, 4.69) is 10.6 Å². The summed E-state index contributed by atoms with van der Waals surface area (Å²) >= 11 is 0. The lowest BCUT2D eigenvalue weighted by Gasteiger charge is -2.15. The molecule has 10 nitrogen and oxygen atoms in total. The lowest BCUT2D eigenvalue weighted by atomic mass is 10.1. The van der Waals surface area contributed by atoms with Crippen molar-refractivity contribution in [1.82, 2.24) is 0 Å². The fraction of sp³-hybridized carbons (Fsp3) is 0.0952. The summed E-state index contributed by atoms with van der Waals surface area (Å²) < 4.78 is 32.8. The first-order chi connectivity index (χ1) is 15.1. The summed E-state index contributed by atoms with van der Waals surface area (Å²) in [5, 5.41) is 10.1. The van der Waals surface area contributed by atoms with Gasteiger partial charge in [0.25, 0.3) is 11.8 Å². The number of esters is 1. The molecule has 32 heavy (non-hydrogen) atoms. The first-order valence-electron chi connectivity index (χ1n) is 9.24. The summed E-state index contributed by atoms with van der Waals surface area (Å²) in [6, 6.07) is 14.4. The third-order valence-electron chi connectivity index (χ3n) is 4.24. The Balaban J connectivity index is 1.65. The second kappa shape index (κ2) is 9.45. The number of para-hydroxylation sites is 1. The minimum Gasteiger partial charge on any atom is -0.459 e. The second-order valence-electron chi connectivity index (χ2n) is 6.58. The van der Waals surface area contributed by atoms with Crippen LogP contribution in [0.5, 0.6) is 0 Å². The van der Waals surface area contributed by atoms with E-state index in [1.807, 2.05) is 0 Å². The highest BCUT2D eigenvalue weighted by Crippen LogP contribution is 2.19. The largest absolute Gasteiger partial charge is 0.459 e. The third kappa shape index (κ3) is 5.59. The number of rotatable bonds is 7. The van der Waals surface area contributed by atoms with Crippen LogP contribution in [-0.2, 0) is 19.6 Å². The Morgan fingerprint density at radius 1 is 0.969 bits per heavy atom. The Morgan fingerprint density at radius 2 is 1.66 bits per heavy atom. The SMILES string of the molecule is C[C@@H](OC(=O)c1ccccc1NC(=O)c1ccco1)C(=O)Nc1ccc(S(N)(=O)=O)cc1. The number of hydrogen-bond donors (Lipinski definition) is 3. The zero-order chi connectivity index (χ0) is 23.3. The number of carbonyl (C=O) groups excluding carboxylic acids is 3. The topological polar surface area (TPSA) is 158 Å². The number of amides is 2. The molecule has 11 heteroatoms. The molecule has 0 saturated heterocycles. The molecule has 0 radical (unpaired) electrons. The number of carbonyl (C=O) groups is 3. The lowest BCUT2D eigenvalue weighted by molar-refractivity contribution is -0.123. The van der Waals surface area contributed by atoms with Gasteiger partial charge < -0.3 is 19.8 Å². The van der Waals surface area contributed by atoms with E-state index < -0.39 is 33.9 Å². The van der Waals surface area contributed by atoms with Crippen molar-refractivity contribution in [2.24, 2.45) is 5.14 Å². The Bertz CT molecular complexity index is 1240. The molecule has 2 aromatic carbocycles. The lowest BCUT2D eigenvalue weighted by Crippen LogP contribution is -2.30. The van der Waals surface area contributed by atoms with Crippen LogP contribution in [0.4, 0.5) is 11.4 Å². The molecule has 1 atom stereocenters. The van der Waals surface area contributed by atoms with E-state index in [4.69, 9.17) is 14.3 Å². The van der Waals surface area contributed by atoms with Gasteiger partial charge in [0.15, 0.2) is 11.9 Å². The van der Waals surface area contributed by atoms with Crippen LogP contribution in [0.1, 0.15) is 27.8 Å². The van der Waals surface area contributed by atoms with E-state index in [-0.39, 0.29) is 27.6 Å². The molecule has 0 fully saturated rings. The summed E-state index contributed by atoms with van der Waals surface area (Å²) in [7, 11) is -3.86. The number of ether oxygens (including phenoxy) is 1. The van der Waals surface area contributed by atoms with Crippen molar-refractivity contribution in [1.29, 1.82) is 0 Å². The fourth-order valence-electron chi connectivity index (χ4n) is 2.61. The van der Waals surface area contributed by atoms with Gasteiger partial charge in [0.05, 0.1) is 22.4 Å². The molecular weight excluding hydrogens is 438 g/mol.